The maximum atomic E-state index is 12.3. The van der Waals surface area contributed by atoms with Crippen molar-refractivity contribution in [2.24, 2.45) is 0 Å². The third-order valence-corrected chi connectivity index (χ3v) is 3.38. The van der Waals surface area contributed by atoms with E-state index >= 15 is 0 Å². The van der Waals surface area contributed by atoms with E-state index in [-0.39, 0.29) is 17.8 Å². The number of fused-ring (bicyclic) bond motifs is 1. The van der Waals surface area contributed by atoms with Crippen molar-refractivity contribution in [1.82, 2.24) is 9.97 Å². The number of aromatic nitrogens is 2. The van der Waals surface area contributed by atoms with Gasteiger partial charge in [0.15, 0.2) is 5.78 Å². The van der Waals surface area contributed by atoms with Gasteiger partial charge < -0.3 is 9.72 Å². The highest BCUT2D eigenvalue weighted by Crippen LogP contribution is 2.14. The Morgan fingerprint density at radius 1 is 1.18 bits per heavy atom. The lowest BCUT2D eigenvalue weighted by Crippen LogP contribution is -2.15. The van der Waals surface area contributed by atoms with E-state index in [2.05, 4.69) is 9.97 Å². The number of hydrogen-bond donors (Lipinski definition) is 1. The maximum absolute atomic E-state index is 12.3. The summed E-state index contributed by atoms with van der Waals surface area (Å²) in [5, 5.41) is 0.514. The van der Waals surface area contributed by atoms with E-state index in [1.54, 1.807) is 49.6 Å². The average molecular weight is 294 g/mol. The number of benzene rings is 2. The first kappa shape index (κ1) is 14.0. The molecule has 0 spiro atoms. The molecule has 0 aliphatic heterocycles. The summed E-state index contributed by atoms with van der Waals surface area (Å²) in [5.41, 5.74) is 0.869. The minimum absolute atomic E-state index is 0.0350. The molecule has 3 aromatic rings. The van der Waals surface area contributed by atoms with Crippen LogP contribution in [-0.4, -0.2) is 22.9 Å². The summed E-state index contributed by atoms with van der Waals surface area (Å²) < 4.78 is 5.11. The van der Waals surface area contributed by atoms with E-state index in [0.29, 0.717) is 28.0 Å². The first-order chi connectivity index (χ1) is 10.7. The van der Waals surface area contributed by atoms with E-state index in [4.69, 9.17) is 4.74 Å². The van der Waals surface area contributed by atoms with Gasteiger partial charge in [0, 0.05) is 5.56 Å². The van der Waals surface area contributed by atoms with Gasteiger partial charge in [0.25, 0.3) is 5.56 Å². The minimum Gasteiger partial charge on any atom is -0.497 e. The normalized spacial score (nSPS) is 10.6. The van der Waals surface area contributed by atoms with Crippen molar-refractivity contribution in [2.45, 2.75) is 6.42 Å². The summed E-state index contributed by atoms with van der Waals surface area (Å²) >= 11 is 0. The van der Waals surface area contributed by atoms with Gasteiger partial charge in [0.2, 0.25) is 0 Å². The zero-order valence-electron chi connectivity index (χ0n) is 12.0. The molecule has 22 heavy (non-hydrogen) atoms. The number of aromatic amines is 1. The van der Waals surface area contributed by atoms with Gasteiger partial charge in [0.1, 0.15) is 11.6 Å². The Morgan fingerprint density at radius 2 is 2.00 bits per heavy atom. The molecule has 1 aromatic heterocycles. The van der Waals surface area contributed by atoms with E-state index in [9.17, 15) is 9.59 Å². The van der Waals surface area contributed by atoms with Gasteiger partial charge in [0.05, 0.1) is 24.4 Å². The van der Waals surface area contributed by atoms with Crippen molar-refractivity contribution in [2.75, 3.05) is 7.11 Å². The Hall–Kier alpha value is -2.95. The Kier molecular flexibility index (Phi) is 3.70. The molecule has 5 nitrogen and oxygen atoms in total. The molecular formula is C17H14N2O3. The van der Waals surface area contributed by atoms with Crippen molar-refractivity contribution in [3.63, 3.8) is 0 Å². The number of ketones is 1. The predicted octanol–water partition coefficient (Wildman–Crippen LogP) is 2.36. The van der Waals surface area contributed by atoms with Crippen LogP contribution in [0, 0.1) is 0 Å². The SMILES string of the molecule is COc1cccc(C(=O)Cc2nc3ccccc3c(=O)[nH]2)c1. The van der Waals surface area contributed by atoms with Gasteiger partial charge in [-0.1, -0.05) is 24.3 Å². The summed E-state index contributed by atoms with van der Waals surface area (Å²) in [6.07, 6.45) is 0.0350. The number of rotatable bonds is 4. The molecule has 3 rings (SSSR count). The highest BCUT2D eigenvalue weighted by atomic mass is 16.5. The number of Topliss-reactive ketones (excluding diaryl/α,β-unsaturated/α-hetero) is 1. The Bertz CT molecular complexity index is 900. The molecular weight excluding hydrogens is 280 g/mol. The van der Waals surface area contributed by atoms with Crippen LogP contribution in [0.2, 0.25) is 0 Å². The molecule has 1 heterocycles. The number of nitrogens with zero attached hydrogens (tertiary/aromatic N) is 1. The summed E-state index contributed by atoms with van der Waals surface area (Å²) in [4.78, 5) is 31.3. The van der Waals surface area contributed by atoms with Crippen LogP contribution in [0.4, 0.5) is 0 Å². The number of H-pyrrole nitrogens is 1. The fourth-order valence-electron chi connectivity index (χ4n) is 2.27. The van der Waals surface area contributed by atoms with Crippen LogP contribution >= 0.6 is 0 Å². The maximum Gasteiger partial charge on any atom is 0.258 e. The second-order valence-electron chi connectivity index (χ2n) is 4.86. The fourth-order valence-corrected chi connectivity index (χ4v) is 2.27. The second-order valence-corrected chi connectivity index (χ2v) is 4.86. The van der Waals surface area contributed by atoms with E-state index in [1.807, 2.05) is 6.07 Å². The Morgan fingerprint density at radius 3 is 2.82 bits per heavy atom. The Labute approximate surface area is 126 Å². The van der Waals surface area contributed by atoms with Crippen molar-refractivity contribution in [1.29, 1.82) is 0 Å². The summed E-state index contributed by atoms with van der Waals surface area (Å²) in [5.74, 6) is 0.847. The molecule has 1 N–H and O–H groups in total. The topological polar surface area (TPSA) is 72.0 Å². The van der Waals surface area contributed by atoms with Crippen LogP contribution in [0.3, 0.4) is 0 Å². The summed E-state index contributed by atoms with van der Waals surface area (Å²) in [7, 11) is 1.55. The van der Waals surface area contributed by atoms with Gasteiger partial charge in [-0.25, -0.2) is 4.98 Å². The lowest BCUT2D eigenvalue weighted by molar-refractivity contribution is 0.0990. The zero-order chi connectivity index (χ0) is 15.5. The van der Waals surface area contributed by atoms with Crippen LogP contribution in [0.1, 0.15) is 16.2 Å². The molecule has 2 aromatic carbocycles. The summed E-state index contributed by atoms with van der Waals surface area (Å²) in [6.45, 7) is 0. The molecule has 5 heteroatoms. The quantitative estimate of drug-likeness (QED) is 0.750. The first-order valence-corrected chi connectivity index (χ1v) is 6.82. The van der Waals surface area contributed by atoms with Crippen molar-refractivity contribution in [3.05, 3.63) is 70.3 Å². The lowest BCUT2D eigenvalue weighted by atomic mass is 10.1. The molecule has 0 atom stereocenters. The van der Waals surface area contributed by atoms with E-state index in [0.717, 1.165) is 0 Å². The van der Waals surface area contributed by atoms with Gasteiger partial charge in [-0.15, -0.1) is 0 Å². The number of carbonyl (C=O) groups excluding carboxylic acids is 1. The second kappa shape index (κ2) is 5.81. The number of methoxy groups -OCH3 is 1. The molecule has 0 fully saturated rings. The van der Waals surface area contributed by atoms with Crippen LogP contribution in [-0.2, 0) is 6.42 Å². The molecule has 0 unspecified atom stereocenters. The van der Waals surface area contributed by atoms with Crippen LogP contribution in [0.5, 0.6) is 5.75 Å². The summed E-state index contributed by atoms with van der Waals surface area (Å²) in [6, 6.07) is 13.9. The third kappa shape index (κ3) is 2.74. The molecule has 0 aliphatic rings. The first-order valence-electron chi connectivity index (χ1n) is 6.82. The standard InChI is InChI=1S/C17H14N2O3/c1-22-12-6-4-5-11(9-12)15(20)10-16-18-14-8-3-2-7-13(14)17(21)19-16/h2-9H,10H2,1H3,(H,18,19,21). The molecule has 0 bridgehead atoms. The van der Waals surface area contributed by atoms with Crippen molar-refractivity contribution in [3.8, 4) is 5.75 Å². The number of nitrogens with one attached hydrogen (secondary N) is 1. The lowest BCUT2D eigenvalue weighted by Gasteiger charge is -2.05. The minimum atomic E-state index is -0.237. The third-order valence-electron chi connectivity index (χ3n) is 3.38. The molecule has 110 valence electrons. The van der Waals surface area contributed by atoms with Crippen LogP contribution in [0.15, 0.2) is 53.3 Å². The van der Waals surface area contributed by atoms with Crippen molar-refractivity contribution < 1.29 is 9.53 Å². The molecule has 0 saturated carbocycles. The van der Waals surface area contributed by atoms with Crippen LogP contribution in [0.25, 0.3) is 10.9 Å². The molecule has 0 amide bonds. The van der Waals surface area contributed by atoms with E-state index in [1.165, 1.54) is 0 Å². The monoisotopic (exact) mass is 294 g/mol. The van der Waals surface area contributed by atoms with Crippen molar-refractivity contribution >= 4 is 16.7 Å². The number of para-hydroxylation sites is 1. The predicted molar refractivity (Wildman–Crippen MR) is 83.4 cm³/mol. The van der Waals surface area contributed by atoms with Gasteiger partial charge in [-0.2, -0.15) is 0 Å². The van der Waals surface area contributed by atoms with Gasteiger partial charge in [-0.05, 0) is 24.3 Å². The number of carbonyl (C=O) groups is 1. The highest BCUT2D eigenvalue weighted by Gasteiger charge is 2.11. The Balaban J connectivity index is 1.92. The number of hydrogen-bond acceptors (Lipinski definition) is 4. The largest absolute Gasteiger partial charge is 0.497 e. The number of ether oxygens (including phenoxy) is 1. The fraction of sp³-hybridized carbons (Fsp3) is 0.118. The smallest absolute Gasteiger partial charge is 0.258 e. The molecule has 0 radical (unpaired) electrons. The van der Waals surface area contributed by atoms with E-state index < -0.39 is 0 Å². The zero-order valence-corrected chi connectivity index (χ0v) is 12.0. The van der Waals surface area contributed by atoms with Gasteiger partial charge >= 0.3 is 0 Å². The average Bonchev–Trinajstić information content (AvgIpc) is 2.55. The molecule has 0 saturated heterocycles. The van der Waals surface area contributed by atoms with Gasteiger partial charge in [-0.3, -0.25) is 9.59 Å². The molecule has 0 aliphatic carbocycles. The van der Waals surface area contributed by atoms with Crippen LogP contribution < -0.4 is 10.3 Å². The highest BCUT2D eigenvalue weighted by molar-refractivity contribution is 5.97.